The highest BCUT2D eigenvalue weighted by atomic mass is 19.1. The van der Waals surface area contributed by atoms with Crippen LogP contribution in [0.25, 0.3) is 0 Å². The maximum absolute atomic E-state index is 13.5. The molecule has 0 bridgehead atoms. The quantitative estimate of drug-likeness (QED) is 0.791. The minimum Gasteiger partial charge on any atom is -0.502 e. The van der Waals surface area contributed by atoms with Crippen molar-refractivity contribution >= 4 is 5.91 Å². The van der Waals surface area contributed by atoms with Crippen LogP contribution in [0.3, 0.4) is 0 Å². The molecule has 0 aliphatic carbocycles. The molecular formula is C17H19FN2O3. The summed E-state index contributed by atoms with van der Waals surface area (Å²) >= 11 is 0. The van der Waals surface area contributed by atoms with Crippen LogP contribution < -0.4 is 10.9 Å². The third-order valence-corrected chi connectivity index (χ3v) is 3.70. The van der Waals surface area contributed by atoms with Crippen molar-refractivity contribution in [2.24, 2.45) is 0 Å². The van der Waals surface area contributed by atoms with Crippen LogP contribution in [0.4, 0.5) is 4.39 Å². The normalized spacial score (nSPS) is 10.6. The van der Waals surface area contributed by atoms with Crippen LogP contribution in [0, 0.1) is 5.82 Å². The number of H-pyrrole nitrogens is 1. The van der Waals surface area contributed by atoms with Crippen molar-refractivity contribution in [3.05, 3.63) is 62.8 Å². The van der Waals surface area contributed by atoms with Gasteiger partial charge in [-0.1, -0.05) is 26.0 Å². The number of hydrogen-bond donors (Lipinski definition) is 3. The predicted molar refractivity (Wildman–Crippen MR) is 85.1 cm³/mol. The van der Waals surface area contributed by atoms with Crippen molar-refractivity contribution in [2.75, 3.05) is 0 Å². The second-order valence-electron chi connectivity index (χ2n) is 5.18. The Morgan fingerprint density at radius 3 is 2.61 bits per heavy atom. The topological polar surface area (TPSA) is 82.2 Å². The summed E-state index contributed by atoms with van der Waals surface area (Å²) < 4.78 is 13.5. The Labute approximate surface area is 133 Å². The number of hydrogen-bond acceptors (Lipinski definition) is 3. The van der Waals surface area contributed by atoms with E-state index in [0.717, 1.165) is 5.56 Å². The number of carbonyl (C=O) groups excluding carboxylic acids is 1. The molecule has 0 spiro atoms. The fourth-order valence-corrected chi connectivity index (χ4v) is 2.37. The molecule has 6 heteroatoms. The van der Waals surface area contributed by atoms with E-state index in [4.69, 9.17) is 0 Å². The predicted octanol–water partition coefficient (Wildman–Crippen LogP) is 2.27. The van der Waals surface area contributed by atoms with Gasteiger partial charge in [-0.15, -0.1) is 0 Å². The summed E-state index contributed by atoms with van der Waals surface area (Å²) in [4.78, 5) is 26.2. The Kier molecular flexibility index (Phi) is 5.16. The van der Waals surface area contributed by atoms with Gasteiger partial charge in [-0.3, -0.25) is 9.59 Å². The molecular weight excluding hydrogens is 299 g/mol. The average Bonchev–Trinajstić information content (AvgIpc) is 2.56. The summed E-state index contributed by atoms with van der Waals surface area (Å²) in [6.45, 7) is 3.85. The standard InChI is InChI=1S/C17H19FN2O3/c1-3-11-7-10(5-6-13(11)18)8-19-16(22)14-12(4-2)9-20-17(23)15(14)21/h5-7,9,21H,3-4,8H2,1-2H3,(H,19,22)(H,20,23). The first-order chi connectivity index (χ1) is 11.0. The minimum absolute atomic E-state index is 0.0194. The molecule has 1 aromatic carbocycles. The molecule has 1 amide bonds. The van der Waals surface area contributed by atoms with Gasteiger partial charge in [0.25, 0.3) is 11.5 Å². The monoisotopic (exact) mass is 318 g/mol. The molecule has 0 saturated carbocycles. The Morgan fingerprint density at radius 1 is 1.26 bits per heavy atom. The van der Waals surface area contributed by atoms with Gasteiger partial charge >= 0.3 is 0 Å². The molecule has 5 nitrogen and oxygen atoms in total. The number of aromatic hydroxyl groups is 1. The van der Waals surface area contributed by atoms with E-state index in [2.05, 4.69) is 10.3 Å². The molecule has 0 unspecified atom stereocenters. The van der Waals surface area contributed by atoms with Gasteiger partial charge in [0.05, 0.1) is 5.56 Å². The van der Waals surface area contributed by atoms with Gasteiger partial charge in [0.2, 0.25) is 0 Å². The Hall–Kier alpha value is -2.63. The molecule has 1 aromatic heterocycles. The first kappa shape index (κ1) is 16.7. The van der Waals surface area contributed by atoms with Crippen molar-refractivity contribution in [2.45, 2.75) is 33.2 Å². The Balaban J connectivity index is 2.20. The highest BCUT2D eigenvalue weighted by Crippen LogP contribution is 2.17. The van der Waals surface area contributed by atoms with Crippen LogP contribution in [0.1, 0.15) is 40.9 Å². The van der Waals surface area contributed by atoms with E-state index in [1.165, 1.54) is 12.3 Å². The average molecular weight is 318 g/mol. The summed E-state index contributed by atoms with van der Waals surface area (Å²) in [6, 6.07) is 4.64. The highest BCUT2D eigenvalue weighted by molar-refractivity contribution is 5.98. The van der Waals surface area contributed by atoms with Crippen molar-refractivity contribution < 1.29 is 14.3 Å². The number of aryl methyl sites for hydroxylation is 2. The second-order valence-corrected chi connectivity index (χ2v) is 5.18. The van der Waals surface area contributed by atoms with E-state index < -0.39 is 17.2 Å². The zero-order valence-corrected chi connectivity index (χ0v) is 13.1. The molecule has 0 saturated heterocycles. The largest absolute Gasteiger partial charge is 0.502 e. The smallest absolute Gasteiger partial charge is 0.290 e. The molecule has 122 valence electrons. The first-order valence-corrected chi connectivity index (χ1v) is 7.46. The third-order valence-electron chi connectivity index (χ3n) is 3.70. The first-order valence-electron chi connectivity index (χ1n) is 7.46. The Bertz CT molecular complexity index is 784. The number of nitrogens with one attached hydrogen (secondary N) is 2. The van der Waals surface area contributed by atoms with E-state index >= 15 is 0 Å². The van der Waals surface area contributed by atoms with Gasteiger partial charge < -0.3 is 15.4 Å². The number of benzene rings is 1. The van der Waals surface area contributed by atoms with Gasteiger partial charge in [0.15, 0.2) is 5.75 Å². The number of aromatic nitrogens is 1. The van der Waals surface area contributed by atoms with Crippen LogP contribution in [-0.2, 0) is 19.4 Å². The lowest BCUT2D eigenvalue weighted by molar-refractivity contribution is 0.0947. The van der Waals surface area contributed by atoms with Crippen molar-refractivity contribution in [3.8, 4) is 5.75 Å². The van der Waals surface area contributed by atoms with Crippen LogP contribution >= 0.6 is 0 Å². The molecule has 3 N–H and O–H groups in total. The van der Waals surface area contributed by atoms with Crippen LogP contribution in [0.15, 0.2) is 29.2 Å². The van der Waals surface area contributed by atoms with Gasteiger partial charge in [0.1, 0.15) is 5.82 Å². The molecule has 1 heterocycles. The molecule has 0 atom stereocenters. The molecule has 0 fully saturated rings. The van der Waals surface area contributed by atoms with Crippen molar-refractivity contribution in [3.63, 3.8) is 0 Å². The molecule has 2 aromatic rings. The van der Waals surface area contributed by atoms with E-state index in [9.17, 15) is 19.1 Å². The van der Waals surface area contributed by atoms with Gasteiger partial charge in [0, 0.05) is 12.7 Å². The van der Waals surface area contributed by atoms with E-state index in [1.54, 1.807) is 12.1 Å². The summed E-state index contributed by atoms with van der Waals surface area (Å²) in [7, 11) is 0. The van der Waals surface area contributed by atoms with Crippen LogP contribution in [0.5, 0.6) is 5.75 Å². The number of rotatable bonds is 5. The zero-order valence-electron chi connectivity index (χ0n) is 13.1. The maximum Gasteiger partial charge on any atom is 0.290 e. The zero-order chi connectivity index (χ0) is 17.0. The third kappa shape index (κ3) is 3.59. The fraction of sp³-hybridized carbons (Fsp3) is 0.294. The fourth-order valence-electron chi connectivity index (χ4n) is 2.37. The molecule has 23 heavy (non-hydrogen) atoms. The molecule has 0 aliphatic heterocycles. The molecule has 2 rings (SSSR count). The number of halogens is 1. The van der Waals surface area contributed by atoms with E-state index in [0.29, 0.717) is 24.0 Å². The number of amides is 1. The highest BCUT2D eigenvalue weighted by Gasteiger charge is 2.18. The maximum atomic E-state index is 13.5. The lowest BCUT2D eigenvalue weighted by Crippen LogP contribution is -2.26. The number of pyridine rings is 1. The van der Waals surface area contributed by atoms with Gasteiger partial charge in [-0.05, 0) is 35.6 Å². The lowest BCUT2D eigenvalue weighted by Gasteiger charge is -2.11. The van der Waals surface area contributed by atoms with Gasteiger partial charge in [-0.25, -0.2) is 4.39 Å². The number of aromatic amines is 1. The minimum atomic E-state index is -0.706. The van der Waals surface area contributed by atoms with Gasteiger partial charge in [-0.2, -0.15) is 0 Å². The summed E-state index contributed by atoms with van der Waals surface area (Å²) in [6.07, 6.45) is 2.47. The summed E-state index contributed by atoms with van der Waals surface area (Å²) in [5.74, 6) is -1.40. The summed E-state index contributed by atoms with van der Waals surface area (Å²) in [5, 5.41) is 12.5. The van der Waals surface area contributed by atoms with E-state index in [-0.39, 0.29) is 17.9 Å². The van der Waals surface area contributed by atoms with Crippen LogP contribution in [-0.4, -0.2) is 16.0 Å². The van der Waals surface area contributed by atoms with Crippen LogP contribution in [0.2, 0.25) is 0 Å². The molecule has 0 aliphatic rings. The van der Waals surface area contributed by atoms with Crippen molar-refractivity contribution in [1.29, 1.82) is 0 Å². The van der Waals surface area contributed by atoms with E-state index in [1.807, 2.05) is 13.8 Å². The number of carbonyl (C=O) groups is 1. The SMILES string of the molecule is CCc1cc(CNC(=O)c2c(CC)c[nH]c(=O)c2O)ccc1F. The van der Waals surface area contributed by atoms with Crippen molar-refractivity contribution in [1.82, 2.24) is 10.3 Å². The second kappa shape index (κ2) is 7.09. The Morgan fingerprint density at radius 2 is 1.96 bits per heavy atom. The lowest BCUT2D eigenvalue weighted by atomic mass is 10.1. The summed E-state index contributed by atoms with van der Waals surface area (Å²) in [5.41, 5.74) is 1.15. The molecule has 0 radical (unpaired) electrons.